The first kappa shape index (κ1) is 10.6. The zero-order valence-corrected chi connectivity index (χ0v) is 10.0. The van der Waals surface area contributed by atoms with Gasteiger partial charge in [0.1, 0.15) is 0 Å². The number of carbonyl (C=O) groups excluding carboxylic acids is 1. The van der Waals surface area contributed by atoms with E-state index in [1.54, 1.807) is 0 Å². The Bertz CT molecular complexity index is 480. The summed E-state index contributed by atoms with van der Waals surface area (Å²) in [4.78, 5) is 11.2. The van der Waals surface area contributed by atoms with E-state index >= 15 is 0 Å². The number of carbonyl (C=O) groups is 1. The lowest BCUT2D eigenvalue weighted by Gasteiger charge is -2.22. The lowest BCUT2D eigenvalue weighted by molar-refractivity contribution is 0.259. The fourth-order valence-electron chi connectivity index (χ4n) is 3.25. The van der Waals surface area contributed by atoms with Crippen LogP contribution in [0.2, 0.25) is 0 Å². The first-order chi connectivity index (χ1) is 8.25. The molecule has 90 valence electrons. The van der Waals surface area contributed by atoms with Crippen molar-refractivity contribution in [3.63, 3.8) is 0 Å². The molecule has 1 aromatic rings. The van der Waals surface area contributed by atoms with Gasteiger partial charge in [0.2, 0.25) is 0 Å². The van der Waals surface area contributed by atoms with E-state index in [1.165, 1.54) is 41.5 Å². The van der Waals surface area contributed by atoms with Crippen LogP contribution >= 0.6 is 0 Å². The SMILES string of the molecule is NC(=O)Nc1c2c(cc3c1CCC3)CCCC2. The van der Waals surface area contributed by atoms with Crippen LogP contribution in [-0.4, -0.2) is 6.03 Å². The molecule has 1 aromatic carbocycles. The predicted octanol–water partition coefficient (Wildman–Crippen LogP) is 2.54. The predicted molar refractivity (Wildman–Crippen MR) is 68.3 cm³/mol. The third-order valence-electron chi connectivity index (χ3n) is 3.97. The standard InChI is InChI=1S/C14H18N2O/c15-14(17)16-13-11-6-2-1-4-9(11)8-10-5-3-7-12(10)13/h8H,1-7H2,(H3,15,16,17). The molecule has 0 radical (unpaired) electrons. The third kappa shape index (κ3) is 1.79. The first-order valence-corrected chi connectivity index (χ1v) is 6.48. The Morgan fingerprint density at radius 1 is 1.00 bits per heavy atom. The van der Waals surface area contributed by atoms with Crippen LogP contribution < -0.4 is 11.1 Å². The highest BCUT2D eigenvalue weighted by Crippen LogP contribution is 2.37. The van der Waals surface area contributed by atoms with E-state index in [0.717, 1.165) is 31.4 Å². The summed E-state index contributed by atoms with van der Waals surface area (Å²) in [5.74, 6) is 0. The minimum Gasteiger partial charge on any atom is -0.351 e. The fourth-order valence-corrected chi connectivity index (χ4v) is 3.25. The molecular weight excluding hydrogens is 212 g/mol. The molecule has 3 nitrogen and oxygen atoms in total. The molecule has 2 aliphatic rings. The number of fused-ring (bicyclic) bond motifs is 2. The molecule has 2 aliphatic carbocycles. The Morgan fingerprint density at radius 3 is 2.29 bits per heavy atom. The van der Waals surface area contributed by atoms with Crippen LogP contribution in [0.1, 0.15) is 41.5 Å². The van der Waals surface area contributed by atoms with E-state index in [4.69, 9.17) is 5.73 Å². The van der Waals surface area contributed by atoms with Gasteiger partial charge in [-0.05, 0) is 67.2 Å². The Labute approximate surface area is 101 Å². The van der Waals surface area contributed by atoms with Crippen LogP contribution in [-0.2, 0) is 25.7 Å². The molecular formula is C14H18N2O. The highest BCUT2D eigenvalue weighted by molar-refractivity contribution is 5.90. The molecule has 0 bridgehead atoms. The lowest BCUT2D eigenvalue weighted by atomic mass is 9.87. The van der Waals surface area contributed by atoms with Crippen molar-refractivity contribution in [2.45, 2.75) is 44.9 Å². The number of anilines is 1. The summed E-state index contributed by atoms with van der Waals surface area (Å²) in [6.07, 6.45) is 8.15. The number of urea groups is 1. The van der Waals surface area contributed by atoms with Crippen LogP contribution in [0.3, 0.4) is 0 Å². The van der Waals surface area contributed by atoms with Crippen molar-refractivity contribution in [1.29, 1.82) is 0 Å². The number of amides is 2. The maximum absolute atomic E-state index is 11.2. The summed E-state index contributed by atoms with van der Waals surface area (Å²) in [6.45, 7) is 0. The van der Waals surface area contributed by atoms with E-state index in [0.29, 0.717) is 0 Å². The molecule has 0 fully saturated rings. The van der Waals surface area contributed by atoms with Crippen molar-refractivity contribution in [3.05, 3.63) is 28.3 Å². The number of hydrogen-bond donors (Lipinski definition) is 2. The Morgan fingerprint density at radius 2 is 1.59 bits per heavy atom. The van der Waals surface area contributed by atoms with Crippen molar-refractivity contribution in [1.82, 2.24) is 0 Å². The summed E-state index contributed by atoms with van der Waals surface area (Å²) in [7, 11) is 0. The molecule has 0 unspecified atom stereocenters. The summed E-state index contributed by atoms with van der Waals surface area (Å²) in [5, 5.41) is 2.87. The molecule has 3 rings (SSSR count). The second kappa shape index (κ2) is 4.06. The van der Waals surface area contributed by atoms with Gasteiger partial charge in [0.25, 0.3) is 0 Å². The zero-order valence-electron chi connectivity index (χ0n) is 10.0. The monoisotopic (exact) mass is 230 g/mol. The summed E-state index contributed by atoms with van der Waals surface area (Å²) in [6, 6.07) is 1.93. The Kier molecular flexibility index (Phi) is 2.54. The molecule has 0 aromatic heterocycles. The van der Waals surface area contributed by atoms with Gasteiger partial charge in [-0.3, -0.25) is 0 Å². The van der Waals surface area contributed by atoms with Gasteiger partial charge in [0.05, 0.1) is 0 Å². The van der Waals surface area contributed by atoms with Crippen molar-refractivity contribution < 1.29 is 4.79 Å². The van der Waals surface area contributed by atoms with Gasteiger partial charge in [-0.25, -0.2) is 4.79 Å². The van der Waals surface area contributed by atoms with Gasteiger partial charge < -0.3 is 11.1 Å². The van der Waals surface area contributed by atoms with Crippen LogP contribution in [0.4, 0.5) is 10.5 Å². The highest BCUT2D eigenvalue weighted by atomic mass is 16.2. The minimum atomic E-state index is -0.432. The number of nitrogens with one attached hydrogen (secondary N) is 1. The number of benzene rings is 1. The molecule has 0 saturated heterocycles. The summed E-state index contributed by atoms with van der Waals surface area (Å²) < 4.78 is 0. The molecule has 3 N–H and O–H groups in total. The maximum atomic E-state index is 11.2. The number of primary amides is 1. The average molecular weight is 230 g/mol. The Hall–Kier alpha value is -1.51. The lowest BCUT2D eigenvalue weighted by Crippen LogP contribution is -2.22. The molecule has 0 spiro atoms. The fraction of sp³-hybridized carbons (Fsp3) is 0.500. The highest BCUT2D eigenvalue weighted by Gasteiger charge is 2.23. The van der Waals surface area contributed by atoms with Gasteiger partial charge in [-0.15, -0.1) is 0 Å². The van der Waals surface area contributed by atoms with E-state index in [9.17, 15) is 4.79 Å². The van der Waals surface area contributed by atoms with Gasteiger partial charge in [0, 0.05) is 5.69 Å². The molecule has 0 atom stereocenters. The van der Waals surface area contributed by atoms with Crippen molar-refractivity contribution >= 4 is 11.7 Å². The zero-order chi connectivity index (χ0) is 11.8. The van der Waals surface area contributed by atoms with Gasteiger partial charge >= 0.3 is 6.03 Å². The summed E-state index contributed by atoms with van der Waals surface area (Å²) in [5.41, 5.74) is 11.9. The molecule has 0 heterocycles. The number of rotatable bonds is 1. The van der Waals surface area contributed by atoms with E-state index in [2.05, 4.69) is 11.4 Å². The second-order valence-electron chi connectivity index (χ2n) is 5.08. The largest absolute Gasteiger partial charge is 0.351 e. The van der Waals surface area contributed by atoms with E-state index in [1.807, 2.05) is 0 Å². The van der Waals surface area contributed by atoms with Gasteiger partial charge in [-0.2, -0.15) is 0 Å². The van der Waals surface area contributed by atoms with Crippen LogP contribution in [0.5, 0.6) is 0 Å². The third-order valence-corrected chi connectivity index (χ3v) is 3.97. The molecule has 17 heavy (non-hydrogen) atoms. The molecule has 0 aliphatic heterocycles. The van der Waals surface area contributed by atoms with Crippen LogP contribution in [0.15, 0.2) is 6.07 Å². The Balaban J connectivity index is 2.14. The second-order valence-corrected chi connectivity index (χ2v) is 5.08. The number of hydrogen-bond acceptors (Lipinski definition) is 1. The van der Waals surface area contributed by atoms with Crippen LogP contribution in [0.25, 0.3) is 0 Å². The smallest absolute Gasteiger partial charge is 0.316 e. The maximum Gasteiger partial charge on any atom is 0.316 e. The average Bonchev–Trinajstić information content (AvgIpc) is 2.76. The van der Waals surface area contributed by atoms with E-state index < -0.39 is 6.03 Å². The van der Waals surface area contributed by atoms with Crippen molar-refractivity contribution in [2.24, 2.45) is 5.73 Å². The molecule has 3 heteroatoms. The topological polar surface area (TPSA) is 55.1 Å². The van der Waals surface area contributed by atoms with E-state index in [-0.39, 0.29) is 0 Å². The number of aryl methyl sites for hydroxylation is 2. The molecule has 0 saturated carbocycles. The van der Waals surface area contributed by atoms with Crippen molar-refractivity contribution in [3.8, 4) is 0 Å². The number of nitrogens with two attached hydrogens (primary N) is 1. The van der Waals surface area contributed by atoms with Crippen LogP contribution in [0, 0.1) is 0 Å². The first-order valence-electron chi connectivity index (χ1n) is 6.48. The quantitative estimate of drug-likeness (QED) is 0.765. The normalized spacial score (nSPS) is 17.4. The van der Waals surface area contributed by atoms with Gasteiger partial charge in [0.15, 0.2) is 0 Å². The van der Waals surface area contributed by atoms with Crippen molar-refractivity contribution in [2.75, 3.05) is 5.32 Å². The molecule has 2 amide bonds. The van der Waals surface area contributed by atoms with Gasteiger partial charge in [-0.1, -0.05) is 6.07 Å². The summed E-state index contributed by atoms with van der Waals surface area (Å²) >= 11 is 0. The minimum absolute atomic E-state index is 0.432.